The van der Waals surface area contributed by atoms with E-state index in [1.807, 2.05) is 17.0 Å². The van der Waals surface area contributed by atoms with Crippen LogP contribution in [0.25, 0.3) is 0 Å². The summed E-state index contributed by atoms with van der Waals surface area (Å²) < 4.78 is 10.7. The monoisotopic (exact) mass is 274 g/mol. The molecule has 20 heavy (non-hydrogen) atoms. The van der Waals surface area contributed by atoms with Crippen LogP contribution in [0.1, 0.15) is 23.7 Å². The molecule has 1 aromatic carbocycles. The maximum absolute atomic E-state index is 12.8. The molecule has 0 spiro atoms. The van der Waals surface area contributed by atoms with Crippen molar-refractivity contribution < 1.29 is 14.3 Å². The van der Waals surface area contributed by atoms with Gasteiger partial charge in [-0.15, -0.1) is 0 Å². The van der Waals surface area contributed by atoms with E-state index in [4.69, 9.17) is 9.47 Å². The van der Waals surface area contributed by atoms with Gasteiger partial charge >= 0.3 is 0 Å². The zero-order valence-corrected chi connectivity index (χ0v) is 11.5. The molecular formula is C15H18N2O3. The molecule has 3 unspecified atom stereocenters. The van der Waals surface area contributed by atoms with Gasteiger partial charge in [-0.3, -0.25) is 4.79 Å². The first kappa shape index (κ1) is 12.0. The number of hydrogen-bond donors (Lipinski definition) is 1. The summed E-state index contributed by atoms with van der Waals surface area (Å²) in [6.07, 6.45) is 1.09. The molecule has 3 heterocycles. The van der Waals surface area contributed by atoms with E-state index < -0.39 is 0 Å². The Hall–Kier alpha value is -1.75. The molecule has 2 saturated heterocycles. The van der Waals surface area contributed by atoms with Crippen LogP contribution in [-0.4, -0.2) is 42.8 Å². The summed E-state index contributed by atoms with van der Waals surface area (Å²) >= 11 is 0. The van der Waals surface area contributed by atoms with Crippen molar-refractivity contribution in [3.05, 3.63) is 23.8 Å². The Morgan fingerprint density at radius 2 is 2.15 bits per heavy atom. The van der Waals surface area contributed by atoms with Crippen LogP contribution in [0.5, 0.6) is 11.5 Å². The lowest BCUT2D eigenvalue weighted by Gasteiger charge is -2.27. The normalized spacial score (nSPS) is 30.6. The van der Waals surface area contributed by atoms with Gasteiger partial charge in [0.25, 0.3) is 5.91 Å². The molecule has 1 aromatic rings. The third-order valence-electron chi connectivity index (χ3n) is 4.63. The van der Waals surface area contributed by atoms with E-state index in [2.05, 4.69) is 12.2 Å². The van der Waals surface area contributed by atoms with Crippen LogP contribution in [-0.2, 0) is 0 Å². The van der Waals surface area contributed by atoms with E-state index in [0.717, 1.165) is 25.3 Å². The molecule has 106 valence electrons. The number of rotatable bonds is 1. The topological polar surface area (TPSA) is 50.8 Å². The molecule has 1 N–H and O–H groups in total. The minimum atomic E-state index is 0.104. The summed E-state index contributed by atoms with van der Waals surface area (Å²) in [7, 11) is 0. The second-order valence-corrected chi connectivity index (χ2v) is 5.85. The maximum atomic E-state index is 12.8. The predicted molar refractivity (Wildman–Crippen MR) is 73.0 cm³/mol. The quantitative estimate of drug-likeness (QED) is 0.837. The molecule has 3 aliphatic heterocycles. The molecule has 1 amide bonds. The average molecular weight is 274 g/mol. The molecule has 0 aromatic heterocycles. The highest BCUT2D eigenvalue weighted by molar-refractivity contribution is 5.95. The number of nitrogens with zero attached hydrogens (tertiary/aromatic N) is 1. The first-order chi connectivity index (χ1) is 9.74. The molecule has 5 heteroatoms. The lowest BCUT2D eigenvalue weighted by atomic mass is 10.0. The first-order valence-electron chi connectivity index (χ1n) is 7.17. The first-order valence-corrected chi connectivity index (χ1v) is 7.17. The van der Waals surface area contributed by atoms with Crippen molar-refractivity contribution in [2.45, 2.75) is 25.4 Å². The highest BCUT2D eigenvalue weighted by atomic mass is 16.7. The van der Waals surface area contributed by atoms with Gasteiger partial charge in [0.05, 0.1) is 0 Å². The summed E-state index contributed by atoms with van der Waals surface area (Å²) in [6.45, 7) is 4.32. The molecule has 3 atom stereocenters. The Balaban J connectivity index is 1.63. The van der Waals surface area contributed by atoms with E-state index in [1.165, 1.54) is 0 Å². The minimum absolute atomic E-state index is 0.104. The van der Waals surface area contributed by atoms with Crippen LogP contribution >= 0.6 is 0 Å². The summed E-state index contributed by atoms with van der Waals surface area (Å²) in [5.41, 5.74) is 0.689. The molecular weight excluding hydrogens is 256 g/mol. The van der Waals surface area contributed by atoms with Crippen molar-refractivity contribution in [3.8, 4) is 11.5 Å². The molecule has 0 saturated carbocycles. The molecule has 0 bridgehead atoms. The predicted octanol–water partition coefficient (Wildman–Crippen LogP) is 1.24. The van der Waals surface area contributed by atoms with Gasteiger partial charge in [0.15, 0.2) is 11.5 Å². The third-order valence-corrected chi connectivity index (χ3v) is 4.63. The molecule has 0 aliphatic carbocycles. The van der Waals surface area contributed by atoms with Gasteiger partial charge in [0.2, 0.25) is 6.79 Å². The molecule has 5 nitrogen and oxygen atoms in total. The number of nitrogens with one attached hydrogen (secondary N) is 1. The van der Waals surface area contributed by atoms with Gasteiger partial charge in [0.1, 0.15) is 0 Å². The van der Waals surface area contributed by atoms with E-state index in [-0.39, 0.29) is 12.7 Å². The van der Waals surface area contributed by atoms with Crippen LogP contribution in [0.4, 0.5) is 0 Å². The Kier molecular flexibility index (Phi) is 2.63. The van der Waals surface area contributed by atoms with Crippen molar-refractivity contribution in [1.82, 2.24) is 10.2 Å². The van der Waals surface area contributed by atoms with Crippen LogP contribution < -0.4 is 14.8 Å². The van der Waals surface area contributed by atoms with Crippen molar-refractivity contribution >= 4 is 5.91 Å². The Labute approximate surface area is 117 Å². The lowest BCUT2D eigenvalue weighted by Crippen LogP contribution is -2.42. The van der Waals surface area contributed by atoms with Crippen molar-refractivity contribution in [2.24, 2.45) is 5.92 Å². The smallest absolute Gasteiger partial charge is 0.254 e. The minimum Gasteiger partial charge on any atom is -0.454 e. The number of ether oxygens (including phenoxy) is 2. The summed E-state index contributed by atoms with van der Waals surface area (Å²) in [4.78, 5) is 14.8. The second-order valence-electron chi connectivity index (χ2n) is 5.85. The molecule has 3 aliphatic rings. The van der Waals surface area contributed by atoms with Gasteiger partial charge in [0, 0.05) is 30.7 Å². The number of hydrogen-bond acceptors (Lipinski definition) is 4. The van der Waals surface area contributed by atoms with Crippen molar-refractivity contribution in [2.75, 3.05) is 19.9 Å². The number of likely N-dealkylation sites (tertiary alicyclic amines) is 1. The van der Waals surface area contributed by atoms with Gasteiger partial charge in [-0.1, -0.05) is 0 Å². The standard InChI is InChI=1S/C15H18N2O3/c1-9-4-11-6-16-7-12(11)17(9)15(18)10-2-3-13-14(5-10)20-8-19-13/h2-3,5,9,11-12,16H,4,6-8H2,1H3. The molecule has 0 radical (unpaired) electrons. The number of fused-ring (bicyclic) bond motifs is 2. The van der Waals surface area contributed by atoms with E-state index in [9.17, 15) is 4.79 Å². The SMILES string of the molecule is CC1CC2CNCC2N1C(=O)c1ccc2c(c1)OCO2. The number of amides is 1. The van der Waals surface area contributed by atoms with Gasteiger partial charge < -0.3 is 19.7 Å². The lowest BCUT2D eigenvalue weighted by molar-refractivity contribution is 0.0681. The molecule has 4 rings (SSSR count). The van der Waals surface area contributed by atoms with E-state index in [1.54, 1.807) is 6.07 Å². The molecule has 2 fully saturated rings. The van der Waals surface area contributed by atoms with Crippen molar-refractivity contribution in [1.29, 1.82) is 0 Å². The van der Waals surface area contributed by atoms with Crippen molar-refractivity contribution in [3.63, 3.8) is 0 Å². The van der Waals surface area contributed by atoms with Gasteiger partial charge in [-0.25, -0.2) is 0 Å². The Morgan fingerprint density at radius 1 is 1.30 bits per heavy atom. The Bertz CT molecular complexity index is 560. The summed E-state index contributed by atoms with van der Waals surface area (Å²) in [5, 5.41) is 3.38. The van der Waals surface area contributed by atoms with Gasteiger partial charge in [-0.2, -0.15) is 0 Å². The van der Waals surface area contributed by atoms with Gasteiger partial charge in [-0.05, 0) is 37.5 Å². The maximum Gasteiger partial charge on any atom is 0.254 e. The fourth-order valence-electron chi connectivity index (χ4n) is 3.69. The van der Waals surface area contributed by atoms with E-state index in [0.29, 0.717) is 29.3 Å². The number of carbonyl (C=O) groups excluding carboxylic acids is 1. The second kappa shape index (κ2) is 4.38. The van der Waals surface area contributed by atoms with Crippen LogP contribution in [0.15, 0.2) is 18.2 Å². The zero-order chi connectivity index (χ0) is 13.7. The fraction of sp³-hybridized carbons (Fsp3) is 0.533. The van der Waals surface area contributed by atoms with E-state index >= 15 is 0 Å². The largest absolute Gasteiger partial charge is 0.454 e. The highest BCUT2D eigenvalue weighted by Gasteiger charge is 2.44. The Morgan fingerprint density at radius 3 is 3.05 bits per heavy atom. The fourth-order valence-corrected chi connectivity index (χ4v) is 3.69. The van der Waals surface area contributed by atoms with Crippen LogP contribution in [0.3, 0.4) is 0 Å². The number of benzene rings is 1. The highest BCUT2D eigenvalue weighted by Crippen LogP contribution is 2.36. The zero-order valence-electron chi connectivity index (χ0n) is 11.5. The average Bonchev–Trinajstić information content (AvgIpc) is 3.11. The summed E-state index contributed by atoms with van der Waals surface area (Å²) in [5.74, 6) is 2.09. The summed E-state index contributed by atoms with van der Waals surface area (Å²) in [6, 6.07) is 6.10. The number of carbonyl (C=O) groups is 1. The van der Waals surface area contributed by atoms with Crippen LogP contribution in [0, 0.1) is 5.92 Å². The third kappa shape index (κ3) is 1.69. The van der Waals surface area contributed by atoms with Crippen LogP contribution in [0.2, 0.25) is 0 Å².